The van der Waals surface area contributed by atoms with Crippen molar-refractivity contribution in [3.8, 4) is 0 Å². The molecular formula is C23H26N4O2S. The summed E-state index contributed by atoms with van der Waals surface area (Å²) in [5, 5.41) is 8.95. The quantitative estimate of drug-likeness (QED) is 0.649. The minimum absolute atomic E-state index is 0.0583. The van der Waals surface area contributed by atoms with E-state index in [1.165, 1.54) is 11.8 Å². The number of pyridine rings is 1. The lowest BCUT2D eigenvalue weighted by Crippen LogP contribution is -2.40. The molecule has 1 aliphatic rings. The second-order valence-corrected chi connectivity index (χ2v) is 8.80. The number of nitrogens with zero attached hydrogens (tertiary/aromatic N) is 2. The molecule has 3 heterocycles. The van der Waals surface area contributed by atoms with E-state index in [1.807, 2.05) is 35.7 Å². The number of thiophene rings is 1. The van der Waals surface area contributed by atoms with E-state index in [0.29, 0.717) is 6.54 Å². The van der Waals surface area contributed by atoms with Crippen molar-refractivity contribution in [1.82, 2.24) is 10.3 Å². The van der Waals surface area contributed by atoms with Crippen molar-refractivity contribution in [2.24, 2.45) is 5.92 Å². The zero-order valence-corrected chi connectivity index (χ0v) is 18.1. The molecule has 0 saturated carbocycles. The largest absolute Gasteiger partial charge is 0.357 e. The molecular weight excluding hydrogens is 396 g/mol. The molecule has 0 aliphatic carbocycles. The van der Waals surface area contributed by atoms with Gasteiger partial charge in [-0.15, -0.1) is 11.3 Å². The molecule has 4 rings (SSSR count). The maximum Gasteiger partial charge on any atom is 0.223 e. The van der Waals surface area contributed by atoms with Crippen LogP contribution in [0.5, 0.6) is 0 Å². The highest BCUT2D eigenvalue weighted by atomic mass is 32.1. The van der Waals surface area contributed by atoms with E-state index in [-0.39, 0.29) is 17.7 Å². The van der Waals surface area contributed by atoms with Crippen LogP contribution in [0.3, 0.4) is 0 Å². The number of carbonyl (C=O) groups is 2. The molecule has 3 aromatic rings. The number of nitrogens with one attached hydrogen (secondary N) is 2. The second-order valence-electron chi connectivity index (χ2n) is 7.77. The predicted molar refractivity (Wildman–Crippen MR) is 122 cm³/mol. The molecule has 30 heavy (non-hydrogen) atoms. The molecule has 0 atom stereocenters. The Kier molecular flexibility index (Phi) is 5.99. The number of anilines is 2. The third kappa shape index (κ3) is 4.62. The molecule has 2 N–H and O–H groups in total. The molecule has 0 spiro atoms. The van der Waals surface area contributed by atoms with Crippen molar-refractivity contribution in [3.63, 3.8) is 0 Å². The average molecular weight is 423 g/mol. The van der Waals surface area contributed by atoms with Gasteiger partial charge < -0.3 is 15.5 Å². The average Bonchev–Trinajstić information content (AvgIpc) is 3.26. The first-order valence-electron chi connectivity index (χ1n) is 10.2. The lowest BCUT2D eigenvalue weighted by molar-refractivity contribution is -0.125. The van der Waals surface area contributed by atoms with Gasteiger partial charge in [0.15, 0.2) is 0 Å². The Hall–Kier alpha value is -2.93. The number of carbonyl (C=O) groups excluding carboxylic acids is 2. The topological polar surface area (TPSA) is 74.3 Å². The smallest absolute Gasteiger partial charge is 0.223 e. The van der Waals surface area contributed by atoms with Crippen LogP contribution in [-0.2, 0) is 16.1 Å². The predicted octanol–water partition coefficient (Wildman–Crippen LogP) is 4.10. The summed E-state index contributed by atoms with van der Waals surface area (Å²) < 4.78 is 0. The van der Waals surface area contributed by atoms with Gasteiger partial charge in [0.25, 0.3) is 0 Å². The van der Waals surface area contributed by atoms with E-state index in [9.17, 15) is 9.59 Å². The molecule has 1 aliphatic heterocycles. The molecule has 1 aromatic carbocycles. The van der Waals surface area contributed by atoms with Crippen LogP contribution in [0, 0.1) is 12.8 Å². The van der Waals surface area contributed by atoms with Crippen LogP contribution >= 0.6 is 11.3 Å². The fourth-order valence-corrected chi connectivity index (χ4v) is 4.57. The van der Waals surface area contributed by atoms with Gasteiger partial charge in [-0.25, -0.2) is 4.98 Å². The van der Waals surface area contributed by atoms with E-state index in [1.54, 1.807) is 11.3 Å². The Labute approximate surface area is 180 Å². The fraction of sp³-hybridized carbons (Fsp3) is 0.348. The standard InChI is InChI=1S/C23H26N4O2S/c1-15-12-22(26-21-6-5-18(13-20(15)21)25-16(2)28)27-9-7-17(8-10-27)23(29)24-14-19-4-3-11-30-19/h3-6,11-13,17H,7-10,14H2,1-2H3,(H,24,29)(H,25,28). The van der Waals surface area contributed by atoms with Gasteiger partial charge in [0.1, 0.15) is 5.82 Å². The number of hydrogen-bond acceptors (Lipinski definition) is 5. The molecule has 7 heteroatoms. The molecule has 1 fully saturated rings. The van der Waals surface area contributed by atoms with E-state index >= 15 is 0 Å². The fourth-order valence-electron chi connectivity index (χ4n) is 3.92. The number of hydrogen-bond donors (Lipinski definition) is 2. The summed E-state index contributed by atoms with van der Waals surface area (Å²) in [5.74, 6) is 1.07. The number of amides is 2. The molecule has 6 nitrogen and oxygen atoms in total. The third-order valence-corrected chi connectivity index (χ3v) is 6.41. The molecule has 1 saturated heterocycles. The number of rotatable bonds is 5. The number of piperidine rings is 1. The van der Waals surface area contributed by atoms with E-state index in [2.05, 4.69) is 28.5 Å². The second kappa shape index (κ2) is 8.83. The minimum Gasteiger partial charge on any atom is -0.357 e. The van der Waals surface area contributed by atoms with Gasteiger partial charge in [-0.3, -0.25) is 9.59 Å². The molecule has 0 bridgehead atoms. The SMILES string of the molecule is CC(=O)Nc1ccc2nc(N3CCC(C(=O)NCc4cccs4)CC3)cc(C)c2c1. The van der Waals surface area contributed by atoms with Gasteiger partial charge in [0, 0.05) is 41.9 Å². The van der Waals surface area contributed by atoms with E-state index < -0.39 is 0 Å². The summed E-state index contributed by atoms with van der Waals surface area (Å²) in [6.45, 7) is 5.82. The van der Waals surface area contributed by atoms with Crippen LogP contribution in [0.15, 0.2) is 41.8 Å². The number of aryl methyl sites for hydroxylation is 1. The van der Waals surface area contributed by atoms with Crippen molar-refractivity contribution in [2.45, 2.75) is 33.2 Å². The van der Waals surface area contributed by atoms with Crippen LogP contribution in [0.4, 0.5) is 11.5 Å². The normalized spacial score (nSPS) is 14.7. The summed E-state index contributed by atoms with van der Waals surface area (Å²) in [4.78, 5) is 32.1. The minimum atomic E-state index is -0.0844. The van der Waals surface area contributed by atoms with Crippen LogP contribution in [-0.4, -0.2) is 29.9 Å². The van der Waals surface area contributed by atoms with Gasteiger partial charge >= 0.3 is 0 Å². The number of benzene rings is 1. The lowest BCUT2D eigenvalue weighted by Gasteiger charge is -2.32. The van der Waals surface area contributed by atoms with Crippen LogP contribution in [0.2, 0.25) is 0 Å². The van der Waals surface area contributed by atoms with Crippen molar-refractivity contribution < 1.29 is 9.59 Å². The van der Waals surface area contributed by atoms with Gasteiger partial charge in [-0.1, -0.05) is 6.07 Å². The zero-order valence-electron chi connectivity index (χ0n) is 17.3. The van der Waals surface area contributed by atoms with Crippen molar-refractivity contribution >= 4 is 45.6 Å². The Morgan fingerprint density at radius 2 is 2.00 bits per heavy atom. The van der Waals surface area contributed by atoms with Crippen LogP contribution in [0.1, 0.15) is 30.2 Å². The van der Waals surface area contributed by atoms with Gasteiger partial charge in [0.2, 0.25) is 11.8 Å². The van der Waals surface area contributed by atoms with E-state index in [0.717, 1.165) is 53.9 Å². The van der Waals surface area contributed by atoms with Crippen LogP contribution in [0.25, 0.3) is 10.9 Å². The van der Waals surface area contributed by atoms with Crippen molar-refractivity contribution in [2.75, 3.05) is 23.3 Å². The maximum atomic E-state index is 12.5. The van der Waals surface area contributed by atoms with Crippen molar-refractivity contribution in [3.05, 3.63) is 52.2 Å². The first-order valence-corrected chi connectivity index (χ1v) is 11.1. The molecule has 156 valence electrons. The summed E-state index contributed by atoms with van der Waals surface area (Å²) in [6.07, 6.45) is 1.66. The first-order chi connectivity index (χ1) is 14.5. The van der Waals surface area contributed by atoms with Gasteiger partial charge in [-0.2, -0.15) is 0 Å². The number of aromatic nitrogens is 1. The van der Waals surface area contributed by atoms with Crippen LogP contribution < -0.4 is 15.5 Å². The Morgan fingerprint density at radius 3 is 2.70 bits per heavy atom. The highest BCUT2D eigenvalue weighted by Crippen LogP contribution is 2.28. The first kappa shape index (κ1) is 20.3. The highest BCUT2D eigenvalue weighted by Gasteiger charge is 2.25. The Bertz CT molecular complexity index is 1060. The summed E-state index contributed by atoms with van der Waals surface area (Å²) in [5.41, 5.74) is 2.81. The molecule has 0 radical (unpaired) electrons. The molecule has 0 unspecified atom stereocenters. The van der Waals surface area contributed by atoms with Gasteiger partial charge in [0.05, 0.1) is 12.1 Å². The summed E-state index contributed by atoms with van der Waals surface area (Å²) in [7, 11) is 0. The monoisotopic (exact) mass is 422 g/mol. The zero-order chi connectivity index (χ0) is 21.1. The summed E-state index contributed by atoms with van der Waals surface area (Å²) in [6, 6.07) is 11.9. The summed E-state index contributed by atoms with van der Waals surface area (Å²) >= 11 is 1.66. The maximum absolute atomic E-state index is 12.5. The van der Waals surface area contributed by atoms with E-state index in [4.69, 9.17) is 4.98 Å². The highest BCUT2D eigenvalue weighted by molar-refractivity contribution is 7.09. The third-order valence-electron chi connectivity index (χ3n) is 5.53. The molecule has 2 amide bonds. The Balaban J connectivity index is 1.40. The van der Waals surface area contributed by atoms with Crippen molar-refractivity contribution in [1.29, 1.82) is 0 Å². The number of fused-ring (bicyclic) bond motifs is 1. The molecule has 2 aromatic heterocycles. The van der Waals surface area contributed by atoms with Gasteiger partial charge in [-0.05, 0) is 61.0 Å². The Morgan fingerprint density at radius 1 is 1.20 bits per heavy atom. The lowest BCUT2D eigenvalue weighted by atomic mass is 9.95.